The molecule has 0 bridgehead atoms. The van der Waals surface area contributed by atoms with Gasteiger partial charge in [0.15, 0.2) is 5.13 Å². The van der Waals surface area contributed by atoms with Crippen LogP contribution in [0.5, 0.6) is 0 Å². The monoisotopic (exact) mass is 309 g/mol. The molecule has 1 saturated heterocycles. The lowest BCUT2D eigenvalue weighted by Gasteiger charge is -2.25. The van der Waals surface area contributed by atoms with Crippen molar-refractivity contribution in [1.29, 1.82) is 0 Å². The lowest BCUT2D eigenvalue weighted by Crippen LogP contribution is -2.36. The number of nitrogens with zero attached hydrogens (tertiary/aromatic N) is 2. The van der Waals surface area contributed by atoms with Gasteiger partial charge >= 0.3 is 0 Å². The number of benzene rings is 1. The number of thiazole rings is 1. The van der Waals surface area contributed by atoms with Crippen molar-refractivity contribution in [2.24, 2.45) is 0 Å². The van der Waals surface area contributed by atoms with Gasteiger partial charge in [-0.25, -0.2) is 4.98 Å². The molecule has 1 aliphatic rings. The second-order valence-electron chi connectivity index (χ2n) is 5.02. The van der Waals surface area contributed by atoms with Crippen LogP contribution in [0.25, 0.3) is 10.2 Å². The number of piperidine rings is 1. The van der Waals surface area contributed by atoms with E-state index in [1.807, 2.05) is 18.2 Å². The number of aromatic nitrogens is 1. The SMILES string of the molecule is O=C(CN1CCCCC1)Nc1nc2ccc(Cl)cc2s1. The summed E-state index contributed by atoms with van der Waals surface area (Å²) in [5.41, 5.74) is 0.868. The van der Waals surface area contributed by atoms with Crippen molar-refractivity contribution in [3.63, 3.8) is 0 Å². The topological polar surface area (TPSA) is 45.2 Å². The molecule has 0 spiro atoms. The largest absolute Gasteiger partial charge is 0.301 e. The van der Waals surface area contributed by atoms with Crippen molar-refractivity contribution < 1.29 is 4.79 Å². The van der Waals surface area contributed by atoms with Gasteiger partial charge in [-0.05, 0) is 44.1 Å². The second-order valence-corrected chi connectivity index (χ2v) is 6.48. The number of likely N-dealkylation sites (tertiary alicyclic amines) is 1. The molecular weight excluding hydrogens is 294 g/mol. The second kappa shape index (κ2) is 6.08. The highest BCUT2D eigenvalue weighted by Gasteiger charge is 2.15. The first-order valence-corrected chi connectivity index (χ1v) is 7.98. The highest BCUT2D eigenvalue weighted by molar-refractivity contribution is 7.22. The zero-order valence-electron chi connectivity index (χ0n) is 11.1. The molecule has 1 amide bonds. The van der Waals surface area contributed by atoms with Gasteiger partial charge in [-0.2, -0.15) is 0 Å². The van der Waals surface area contributed by atoms with Crippen LogP contribution < -0.4 is 5.32 Å². The van der Waals surface area contributed by atoms with Crippen LogP contribution in [0.3, 0.4) is 0 Å². The van der Waals surface area contributed by atoms with E-state index in [0.29, 0.717) is 16.7 Å². The van der Waals surface area contributed by atoms with Crippen LogP contribution >= 0.6 is 22.9 Å². The molecule has 1 aromatic carbocycles. The van der Waals surface area contributed by atoms with Crippen LogP contribution in [-0.4, -0.2) is 35.4 Å². The molecule has 4 nitrogen and oxygen atoms in total. The summed E-state index contributed by atoms with van der Waals surface area (Å²) in [5, 5.41) is 4.21. The van der Waals surface area contributed by atoms with E-state index >= 15 is 0 Å². The lowest BCUT2D eigenvalue weighted by molar-refractivity contribution is -0.117. The fourth-order valence-electron chi connectivity index (χ4n) is 2.43. The van der Waals surface area contributed by atoms with Crippen LogP contribution in [0.2, 0.25) is 5.02 Å². The quantitative estimate of drug-likeness (QED) is 0.945. The summed E-state index contributed by atoms with van der Waals surface area (Å²) in [6.45, 7) is 2.49. The summed E-state index contributed by atoms with van der Waals surface area (Å²) in [6, 6.07) is 5.55. The Morgan fingerprint density at radius 2 is 2.15 bits per heavy atom. The molecule has 1 fully saturated rings. The maximum absolute atomic E-state index is 12.0. The first-order chi connectivity index (χ1) is 9.70. The van der Waals surface area contributed by atoms with E-state index in [2.05, 4.69) is 15.2 Å². The minimum atomic E-state index is 0.0112. The maximum Gasteiger partial charge on any atom is 0.240 e. The smallest absolute Gasteiger partial charge is 0.240 e. The molecule has 1 aromatic heterocycles. The van der Waals surface area contributed by atoms with Crippen LogP contribution in [0, 0.1) is 0 Å². The Labute approximate surface area is 126 Å². The van der Waals surface area contributed by atoms with Crippen LogP contribution in [0.15, 0.2) is 18.2 Å². The average molecular weight is 310 g/mol. The number of carbonyl (C=O) groups excluding carboxylic acids is 1. The standard InChI is InChI=1S/C14H16ClN3OS/c15-10-4-5-11-12(8-10)20-14(16-11)17-13(19)9-18-6-2-1-3-7-18/h4-5,8H,1-3,6-7,9H2,(H,16,17,19). The highest BCUT2D eigenvalue weighted by Crippen LogP contribution is 2.28. The molecule has 3 rings (SSSR count). The molecule has 0 unspecified atom stereocenters. The number of fused-ring (bicyclic) bond motifs is 1. The van der Waals surface area contributed by atoms with E-state index < -0.39 is 0 Å². The molecule has 6 heteroatoms. The van der Waals surface area contributed by atoms with E-state index in [-0.39, 0.29) is 5.91 Å². The van der Waals surface area contributed by atoms with Crippen LogP contribution in [0.4, 0.5) is 5.13 Å². The number of hydrogen-bond acceptors (Lipinski definition) is 4. The van der Waals surface area contributed by atoms with Gasteiger partial charge in [-0.3, -0.25) is 9.69 Å². The predicted octanol–water partition coefficient (Wildman–Crippen LogP) is 3.37. The van der Waals surface area contributed by atoms with Gasteiger partial charge in [0, 0.05) is 5.02 Å². The Hall–Kier alpha value is -1.17. The third kappa shape index (κ3) is 3.29. The molecule has 1 N–H and O–H groups in total. The minimum Gasteiger partial charge on any atom is -0.301 e. The summed E-state index contributed by atoms with van der Waals surface area (Å²) in [7, 11) is 0. The normalized spacial score (nSPS) is 16.4. The third-order valence-corrected chi connectivity index (χ3v) is 4.58. The number of amides is 1. The Morgan fingerprint density at radius 3 is 2.95 bits per heavy atom. The summed E-state index contributed by atoms with van der Waals surface area (Å²) < 4.78 is 0.991. The van der Waals surface area contributed by atoms with Crippen LogP contribution in [-0.2, 0) is 4.79 Å². The molecule has 0 atom stereocenters. The number of rotatable bonds is 3. The maximum atomic E-state index is 12.0. The first-order valence-electron chi connectivity index (χ1n) is 6.79. The molecule has 0 aliphatic carbocycles. The predicted molar refractivity (Wildman–Crippen MR) is 83.6 cm³/mol. The average Bonchev–Trinajstić information content (AvgIpc) is 2.80. The fourth-order valence-corrected chi connectivity index (χ4v) is 3.59. The number of anilines is 1. The molecule has 106 valence electrons. The van der Waals surface area contributed by atoms with E-state index in [9.17, 15) is 4.79 Å². The van der Waals surface area contributed by atoms with Gasteiger partial charge in [0.1, 0.15) is 0 Å². The Morgan fingerprint density at radius 1 is 1.35 bits per heavy atom. The number of hydrogen-bond donors (Lipinski definition) is 1. The molecule has 2 heterocycles. The Kier molecular flexibility index (Phi) is 4.19. The van der Waals surface area contributed by atoms with E-state index in [4.69, 9.17) is 11.6 Å². The highest BCUT2D eigenvalue weighted by atomic mass is 35.5. The molecule has 2 aromatic rings. The fraction of sp³-hybridized carbons (Fsp3) is 0.429. The van der Waals surface area contributed by atoms with Crippen molar-refractivity contribution in [2.45, 2.75) is 19.3 Å². The zero-order valence-corrected chi connectivity index (χ0v) is 12.6. The summed E-state index contributed by atoms with van der Waals surface area (Å²) in [5.74, 6) is 0.0112. The molecular formula is C14H16ClN3OS. The molecule has 20 heavy (non-hydrogen) atoms. The van der Waals surface area contributed by atoms with Gasteiger partial charge in [-0.15, -0.1) is 0 Å². The number of halogens is 1. The van der Waals surface area contributed by atoms with E-state index in [0.717, 1.165) is 23.3 Å². The molecule has 0 saturated carbocycles. The van der Waals surface area contributed by atoms with Crippen molar-refractivity contribution in [1.82, 2.24) is 9.88 Å². The minimum absolute atomic E-state index is 0.0112. The van der Waals surface area contributed by atoms with Gasteiger partial charge < -0.3 is 5.32 Å². The number of carbonyl (C=O) groups is 1. The Bertz CT molecular complexity index is 622. The third-order valence-electron chi connectivity index (χ3n) is 3.41. The van der Waals surface area contributed by atoms with Crippen molar-refractivity contribution in [3.05, 3.63) is 23.2 Å². The van der Waals surface area contributed by atoms with Crippen molar-refractivity contribution in [2.75, 3.05) is 25.0 Å². The molecule has 0 radical (unpaired) electrons. The van der Waals surface area contributed by atoms with Crippen LogP contribution in [0.1, 0.15) is 19.3 Å². The lowest BCUT2D eigenvalue weighted by atomic mass is 10.1. The van der Waals surface area contributed by atoms with E-state index in [1.165, 1.54) is 30.6 Å². The number of nitrogens with one attached hydrogen (secondary N) is 1. The van der Waals surface area contributed by atoms with Gasteiger partial charge in [0.2, 0.25) is 5.91 Å². The van der Waals surface area contributed by atoms with Gasteiger partial charge in [0.25, 0.3) is 0 Å². The molecule has 1 aliphatic heterocycles. The van der Waals surface area contributed by atoms with Gasteiger partial charge in [-0.1, -0.05) is 29.4 Å². The summed E-state index contributed by atoms with van der Waals surface area (Å²) >= 11 is 7.40. The van der Waals surface area contributed by atoms with Crippen molar-refractivity contribution in [3.8, 4) is 0 Å². The summed E-state index contributed by atoms with van der Waals surface area (Å²) in [4.78, 5) is 18.6. The first kappa shape index (κ1) is 13.8. The van der Waals surface area contributed by atoms with Gasteiger partial charge in [0.05, 0.1) is 16.8 Å². The zero-order chi connectivity index (χ0) is 13.9. The van der Waals surface area contributed by atoms with E-state index in [1.54, 1.807) is 0 Å². The van der Waals surface area contributed by atoms with Crippen molar-refractivity contribution >= 4 is 44.2 Å². The summed E-state index contributed by atoms with van der Waals surface area (Å²) in [6.07, 6.45) is 3.65. The Balaban J connectivity index is 1.64.